The Hall–Kier alpha value is -2.65. The van der Waals surface area contributed by atoms with Gasteiger partial charge in [0.05, 0.1) is 6.54 Å². The van der Waals surface area contributed by atoms with E-state index in [9.17, 15) is 9.59 Å². The Balaban J connectivity index is 1.59. The number of carboxylic acid groups (broad SMARTS) is 2. The van der Waals surface area contributed by atoms with Crippen LogP contribution in [0, 0.1) is 11.3 Å². The molecule has 0 spiro atoms. The van der Waals surface area contributed by atoms with Crippen molar-refractivity contribution in [2.24, 2.45) is 11.7 Å². The third-order valence-corrected chi connectivity index (χ3v) is 6.19. The summed E-state index contributed by atoms with van der Waals surface area (Å²) in [5.41, 5.74) is 7.35. The van der Waals surface area contributed by atoms with Crippen LogP contribution in [0.25, 0.3) is 0 Å². The molecule has 0 amide bonds. The summed E-state index contributed by atoms with van der Waals surface area (Å²) in [7, 11) is 0. The molecule has 9 heteroatoms. The Kier molecular flexibility index (Phi) is 7.28. The molecule has 2 heterocycles. The fourth-order valence-electron chi connectivity index (χ4n) is 4.67. The molecule has 2 aliphatic rings. The van der Waals surface area contributed by atoms with Gasteiger partial charge < -0.3 is 20.8 Å². The zero-order valence-electron chi connectivity index (χ0n) is 17.2. The van der Waals surface area contributed by atoms with Crippen LogP contribution in [-0.2, 0) is 9.59 Å². The van der Waals surface area contributed by atoms with Gasteiger partial charge in [0.25, 0.3) is 0 Å². The molecule has 2 aliphatic heterocycles. The molecule has 2 atom stereocenters. The number of nitrogen functional groups attached to an aromatic ring is 1. The van der Waals surface area contributed by atoms with Crippen molar-refractivity contribution in [3.63, 3.8) is 0 Å². The number of rotatable bonds is 8. The summed E-state index contributed by atoms with van der Waals surface area (Å²) in [6.07, 6.45) is 1.55. The van der Waals surface area contributed by atoms with Crippen LogP contribution in [0.2, 0.25) is 0 Å². The monoisotopic (exact) mass is 417 g/mol. The maximum absolute atomic E-state index is 11.1. The molecule has 1 aromatic carbocycles. The van der Waals surface area contributed by atoms with E-state index in [2.05, 4.69) is 9.80 Å². The molecular formula is C21H31N5O4. The van der Waals surface area contributed by atoms with Gasteiger partial charge in [0.15, 0.2) is 0 Å². The molecule has 164 valence electrons. The maximum Gasteiger partial charge on any atom is 0.317 e. The molecule has 5 N–H and O–H groups in total. The lowest BCUT2D eigenvalue weighted by Gasteiger charge is -2.47. The third kappa shape index (κ3) is 5.70. The molecule has 0 radical (unpaired) electrons. The number of carboxylic acids is 2. The zero-order chi connectivity index (χ0) is 21.7. The lowest BCUT2D eigenvalue weighted by molar-refractivity contribution is -0.140. The highest BCUT2D eigenvalue weighted by Gasteiger charge is 2.35. The third-order valence-electron chi connectivity index (χ3n) is 6.19. The standard InChI is InChI=1S/C21H31N5O4/c22-21(23)15-1-4-17(5-2-15)25-9-11-26(12-10-25)18-7-8-24(14-20(29)30)13-16(18)3-6-19(27)28/h1-2,4-5,16,18H,3,6-14H2,(H3,22,23)(H,27,28)(H,29,30). The van der Waals surface area contributed by atoms with Gasteiger partial charge in [-0.25, -0.2) is 0 Å². The summed E-state index contributed by atoms with van der Waals surface area (Å²) < 4.78 is 0. The minimum Gasteiger partial charge on any atom is -0.481 e. The Morgan fingerprint density at radius 2 is 1.70 bits per heavy atom. The van der Waals surface area contributed by atoms with Gasteiger partial charge in [0.2, 0.25) is 0 Å². The van der Waals surface area contributed by atoms with Crippen molar-refractivity contribution in [3.05, 3.63) is 29.8 Å². The zero-order valence-corrected chi connectivity index (χ0v) is 17.2. The summed E-state index contributed by atoms with van der Waals surface area (Å²) in [4.78, 5) is 28.9. The highest BCUT2D eigenvalue weighted by atomic mass is 16.4. The summed E-state index contributed by atoms with van der Waals surface area (Å²) in [5.74, 6) is -1.42. The lowest BCUT2D eigenvalue weighted by atomic mass is 9.86. The topological polar surface area (TPSA) is 134 Å². The molecule has 30 heavy (non-hydrogen) atoms. The number of amidine groups is 1. The Bertz CT molecular complexity index is 761. The van der Waals surface area contributed by atoms with Crippen LogP contribution in [0.1, 0.15) is 24.8 Å². The second kappa shape index (κ2) is 9.90. The molecule has 3 rings (SSSR count). The number of nitrogens with one attached hydrogen (secondary N) is 1. The number of hydrogen-bond donors (Lipinski definition) is 4. The first-order valence-electron chi connectivity index (χ1n) is 10.4. The van der Waals surface area contributed by atoms with Crippen molar-refractivity contribution >= 4 is 23.5 Å². The van der Waals surface area contributed by atoms with E-state index in [1.807, 2.05) is 29.2 Å². The number of nitrogens with two attached hydrogens (primary N) is 1. The first kappa shape index (κ1) is 22.0. The molecule has 9 nitrogen and oxygen atoms in total. The quantitative estimate of drug-likeness (QED) is 0.359. The Labute approximate surface area is 176 Å². The van der Waals surface area contributed by atoms with Crippen molar-refractivity contribution in [2.75, 3.05) is 50.7 Å². The summed E-state index contributed by atoms with van der Waals surface area (Å²) in [6.45, 7) is 4.91. The highest BCUT2D eigenvalue weighted by Crippen LogP contribution is 2.28. The largest absolute Gasteiger partial charge is 0.481 e. The van der Waals surface area contributed by atoms with Gasteiger partial charge in [-0.2, -0.15) is 0 Å². The van der Waals surface area contributed by atoms with Gasteiger partial charge in [0, 0.05) is 63.0 Å². The first-order chi connectivity index (χ1) is 14.3. The number of hydrogen-bond acceptors (Lipinski definition) is 6. The molecule has 0 aromatic heterocycles. The fourth-order valence-corrected chi connectivity index (χ4v) is 4.67. The smallest absolute Gasteiger partial charge is 0.317 e. The van der Waals surface area contributed by atoms with E-state index in [1.54, 1.807) is 0 Å². The lowest BCUT2D eigenvalue weighted by Crippen LogP contribution is -2.57. The Morgan fingerprint density at radius 1 is 1.03 bits per heavy atom. The highest BCUT2D eigenvalue weighted by molar-refractivity contribution is 5.95. The number of aliphatic carboxylic acids is 2. The first-order valence-corrected chi connectivity index (χ1v) is 10.4. The van der Waals surface area contributed by atoms with Crippen molar-refractivity contribution in [2.45, 2.75) is 25.3 Å². The van der Waals surface area contributed by atoms with Crippen molar-refractivity contribution in [3.8, 4) is 0 Å². The van der Waals surface area contributed by atoms with Gasteiger partial charge >= 0.3 is 11.9 Å². The fraction of sp³-hybridized carbons (Fsp3) is 0.571. The van der Waals surface area contributed by atoms with E-state index < -0.39 is 11.9 Å². The van der Waals surface area contributed by atoms with Crippen molar-refractivity contribution in [1.82, 2.24) is 9.80 Å². The molecule has 0 aliphatic carbocycles. The van der Waals surface area contributed by atoms with E-state index in [4.69, 9.17) is 21.4 Å². The normalized spacial score (nSPS) is 23.3. The SMILES string of the molecule is N=C(N)c1ccc(N2CCN(C3CCN(CC(=O)O)CC3CCC(=O)O)CC2)cc1. The number of anilines is 1. The molecule has 0 bridgehead atoms. The van der Waals surface area contributed by atoms with Gasteiger partial charge in [0.1, 0.15) is 5.84 Å². The van der Waals surface area contributed by atoms with E-state index in [0.717, 1.165) is 44.8 Å². The predicted molar refractivity (Wildman–Crippen MR) is 114 cm³/mol. The molecule has 2 unspecified atom stereocenters. The van der Waals surface area contributed by atoms with Crippen LogP contribution in [0.15, 0.2) is 24.3 Å². The van der Waals surface area contributed by atoms with Crippen LogP contribution in [0.3, 0.4) is 0 Å². The minimum absolute atomic E-state index is 0.0142. The minimum atomic E-state index is -0.838. The average molecular weight is 418 g/mol. The second-order valence-electron chi connectivity index (χ2n) is 8.16. The summed E-state index contributed by atoms with van der Waals surface area (Å²) >= 11 is 0. The summed E-state index contributed by atoms with van der Waals surface area (Å²) in [6, 6.07) is 8.00. The number of benzene rings is 1. The van der Waals surface area contributed by atoms with Gasteiger partial charge in [-0.3, -0.25) is 24.8 Å². The molecule has 2 saturated heterocycles. The molecule has 2 fully saturated rings. The van der Waals surface area contributed by atoms with E-state index in [1.165, 1.54) is 0 Å². The van der Waals surface area contributed by atoms with Crippen LogP contribution >= 0.6 is 0 Å². The summed E-state index contributed by atoms with van der Waals surface area (Å²) in [5, 5.41) is 25.7. The van der Waals surface area contributed by atoms with Crippen LogP contribution in [0.4, 0.5) is 5.69 Å². The average Bonchev–Trinajstić information content (AvgIpc) is 2.72. The number of likely N-dealkylation sites (tertiary alicyclic amines) is 1. The number of piperidine rings is 1. The van der Waals surface area contributed by atoms with E-state index in [0.29, 0.717) is 18.5 Å². The van der Waals surface area contributed by atoms with Crippen LogP contribution < -0.4 is 10.6 Å². The number of nitrogens with zero attached hydrogens (tertiary/aromatic N) is 3. The van der Waals surface area contributed by atoms with Gasteiger partial charge in [-0.05, 0) is 43.0 Å². The van der Waals surface area contributed by atoms with Crippen molar-refractivity contribution in [1.29, 1.82) is 5.41 Å². The molecule has 0 saturated carbocycles. The molecular weight excluding hydrogens is 386 g/mol. The van der Waals surface area contributed by atoms with E-state index in [-0.39, 0.29) is 30.8 Å². The number of carbonyl (C=O) groups is 2. The van der Waals surface area contributed by atoms with Gasteiger partial charge in [-0.1, -0.05) is 0 Å². The van der Waals surface area contributed by atoms with Crippen molar-refractivity contribution < 1.29 is 19.8 Å². The predicted octanol–water partition coefficient (Wildman–Crippen LogP) is 0.733. The second-order valence-corrected chi connectivity index (χ2v) is 8.16. The van der Waals surface area contributed by atoms with Gasteiger partial charge in [-0.15, -0.1) is 0 Å². The molecule has 1 aromatic rings. The van der Waals surface area contributed by atoms with E-state index >= 15 is 0 Å². The van der Waals surface area contributed by atoms with Crippen LogP contribution in [0.5, 0.6) is 0 Å². The Morgan fingerprint density at radius 3 is 2.27 bits per heavy atom. The number of piperazine rings is 1. The maximum atomic E-state index is 11.1. The van der Waals surface area contributed by atoms with Crippen LogP contribution in [-0.4, -0.2) is 89.6 Å².